The maximum absolute atomic E-state index is 12.4. The van der Waals surface area contributed by atoms with E-state index in [0.29, 0.717) is 29.6 Å². The quantitative estimate of drug-likeness (QED) is 0.872. The van der Waals surface area contributed by atoms with Crippen LogP contribution in [0.25, 0.3) is 0 Å². The summed E-state index contributed by atoms with van der Waals surface area (Å²) >= 11 is 5.94. The Morgan fingerprint density at radius 1 is 1.36 bits per heavy atom. The summed E-state index contributed by atoms with van der Waals surface area (Å²) in [6.45, 7) is 3.24. The van der Waals surface area contributed by atoms with E-state index in [0.717, 1.165) is 12.0 Å². The summed E-state index contributed by atoms with van der Waals surface area (Å²) < 4.78 is 5.84. The van der Waals surface area contributed by atoms with E-state index in [9.17, 15) is 4.79 Å². The van der Waals surface area contributed by atoms with Gasteiger partial charge in [0.25, 0.3) is 5.91 Å². The molecule has 1 aliphatic heterocycles. The summed E-state index contributed by atoms with van der Waals surface area (Å²) in [6.07, 6.45) is 2.57. The monoisotopic (exact) mass is 316 g/mol. The smallest absolute Gasteiger partial charge is 0.254 e. The molecule has 0 bridgehead atoms. The molecule has 0 spiro atoms. The van der Waals surface area contributed by atoms with Gasteiger partial charge < -0.3 is 9.64 Å². The number of carbonyl (C=O) groups is 1. The highest BCUT2D eigenvalue weighted by Crippen LogP contribution is 2.20. The number of amides is 1. The summed E-state index contributed by atoms with van der Waals surface area (Å²) in [6, 6.07) is 10.8. The minimum Gasteiger partial charge on any atom is -0.472 e. The van der Waals surface area contributed by atoms with E-state index < -0.39 is 0 Å². The van der Waals surface area contributed by atoms with Crippen molar-refractivity contribution < 1.29 is 9.53 Å². The first-order chi connectivity index (χ1) is 10.6. The Kier molecular flexibility index (Phi) is 4.29. The second kappa shape index (κ2) is 6.36. The van der Waals surface area contributed by atoms with Crippen molar-refractivity contribution in [2.75, 3.05) is 13.1 Å². The van der Waals surface area contributed by atoms with Crippen LogP contribution in [-0.2, 0) is 0 Å². The number of ether oxygens (including phenoxy) is 1. The third kappa shape index (κ3) is 3.39. The minimum atomic E-state index is -0.0154. The molecule has 1 unspecified atom stereocenters. The number of aryl methyl sites for hydroxylation is 1. The first-order valence-electron chi connectivity index (χ1n) is 7.26. The molecule has 4 nitrogen and oxygen atoms in total. The topological polar surface area (TPSA) is 42.4 Å². The van der Waals surface area contributed by atoms with Crippen LogP contribution in [0.4, 0.5) is 0 Å². The molecule has 2 aromatic rings. The Morgan fingerprint density at radius 3 is 2.95 bits per heavy atom. The van der Waals surface area contributed by atoms with Crippen LogP contribution in [-0.4, -0.2) is 35.0 Å². The molecule has 1 fully saturated rings. The van der Waals surface area contributed by atoms with E-state index in [4.69, 9.17) is 16.3 Å². The normalized spacial score (nSPS) is 17.5. The Bertz CT molecular complexity index is 673. The third-order valence-corrected chi connectivity index (χ3v) is 3.91. The number of nitrogens with zero attached hydrogens (tertiary/aromatic N) is 2. The van der Waals surface area contributed by atoms with Crippen LogP contribution < -0.4 is 4.74 Å². The van der Waals surface area contributed by atoms with Crippen molar-refractivity contribution in [1.82, 2.24) is 9.88 Å². The van der Waals surface area contributed by atoms with E-state index in [-0.39, 0.29) is 12.0 Å². The SMILES string of the molecule is Cc1ccc(OC2CCN(C(=O)c3cccc(Cl)c3)C2)nc1. The molecule has 1 aromatic carbocycles. The fourth-order valence-electron chi connectivity index (χ4n) is 2.51. The highest BCUT2D eigenvalue weighted by molar-refractivity contribution is 6.30. The Balaban J connectivity index is 1.62. The molecule has 3 rings (SSSR count). The van der Waals surface area contributed by atoms with Crippen molar-refractivity contribution >= 4 is 17.5 Å². The molecule has 1 aliphatic rings. The number of rotatable bonds is 3. The summed E-state index contributed by atoms with van der Waals surface area (Å²) in [7, 11) is 0. The molecule has 0 N–H and O–H groups in total. The van der Waals surface area contributed by atoms with Crippen molar-refractivity contribution in [1.29, 1.82) is 0 Å². The maximum Gasteiger partial charge on any atom is 0.254 e. The lowest BCUT2D eigenvalue weighted by Gasteiger charge is -2.17. The molecule has 0 aliphatic carbocycles. The number of carbonyl (C=O) groups excluding carboxylic acids is 1. The van der Waals surface area contributed by atoms with E-state index in [2.05, 4.69) is 4.98 Å². The molecule has 22 heavy (non-hydrogen) atoms. The van der Waals surface area contributed by atoms with Crippen LogP contribution in [0.5, 0.6) is 5.88 Å². The number of likely N-dealkylation sites (tertiary alicyclic amines) is 1. The zero-order valence-corrected chi connectivity index (χ0v) is 13.1. The van der Waals surface area contributed by atoms with Crippen LogP contribution in [0, 0.1) is 6.92 Å². The predicted molar refractivity (Wildman–Crippen MR) is 85.4 cm³/mol. The molecule has 2 heterocycles. The van der Waals surface area contributed by atoms with Gasteiger partial charge in [-0.3, -0.25) is 4.79 Å². The fraction of sp³-hybridized carbons (Fsp3) is 0.294. The van der Waals surface area contributed by atoms with Crippen molar-refractivity contribution in [3.8, 4) is 5.88 Å². The minimum absolute atomic E-state index is 0.00883. The van der Waals surface area contributed by atoms with Gasteiger partial charge in [0.05, 0.1) is 6.54 Å². The molecule has 1 saturated heterocycles. The van der Waals surface area contributed by atoms with E-state index in [1.165, 1.54) is 0 Å². The molecule has 1 atom stereocenters. The largest absolute Gasteiger partial charge is 0.472 e. The molecule has 0 saturated carbocycles. The fourth-order valence-corrected chi connectivity index (χ4v) is 2.70. The van der Waals surface area contributed by atoms with Crippen LogP contribution in [0.3, 0.4) is 0 Å². The molecule has 1 amide bonds. The number of hydrogen-bond acceptors (Lipinski definition) is 3. The molecule has 114 valence electrons. The van der Waals surface area contributed by atoms with Crippen molar-refractivity contribution in [2.24, 2.45) is 0 Å². The lowest BCUT2D eigenvalue weighted by Crippen LogP contribution is -2.31. The van der Waals surface area contributed by atoms with Gasteiger partial charge in [-0.05, 0) is 30.7 Å². The van der Waals surface area contributed by atoms with E-state index in [1.807, 2.05) is 19.1 Å². The molecule has 5 heteroatoms. The average molecular weight is 317 g/mol. The van der Waals surface area contributed by atoms with Crippen molar-refractivity contribution in [3.05, 3.63) is 58.7 Å². The second-order valence-corrected chi connectivity index (χ2v) is 5.90. The molecular weight excluding hydrogens is 300 g/mol. The lowest BCUT2D eigenvalue weighted by atomic mass is 10.2. The van der Waals surface area contributed by atoms with Gasteiger partial charge in [0.2, 0.25) is 5.88 Å². The van der Waals surface area contributed by atoms with Crippen molar-refractivity contribution in [2.45, 2.75) is 19.4 Å². The summed E-state index contributed by atoms with van der Waals surface area (Å²) in [5.74, 6) is 0.595. The summed E-state index contributed by atoms with van der Waals surface area (Å²) in [5.41, 5.74) is 1.71. The zero-order valence-electron chi connectivity index (χ0n) is 12.3. The average Bonchev–Trinajstić information content (AvgIpc) is 2.97. The van der Waals surface area contributed by atoms with Crippen LogP contribution in [0.1, 0.15) is 22.3 Å². The van der Waals surface area contributed by atoms with Crippen molar-refractivity contribution in [3.63, 3.8) is 0 Å². The van der Waals surface area contributed by atoms with E-state index in [1.54, 1.807) is 35.4 Å². The number of pyridine rings is 1. The van der Waals surface area contributed by atoms with Gasteiger partial charge in [-0.15, -0.1) is 0 Å². The van der Waals surface area contributed by atoms with Gasteiger partial charge in [-0.1, -0.05) is 23.7 Å². The highest BCUT2D eigenvalue weighted by Gasteiger charge is 2.28. The van der Waals surface area contributed by atoms with Crippen LogP contribution >= 0.6 is 11.6 Å². The van der Waals surface area contributed by atoms with Crippen LogP contribution in [0.15, 0.2) is 42.6 Å². The van der Waals surface area contributed by atoms with Gasteiger partial charge in [-0.2, -0.15) is 0 Å². The van der Waals surface area contributed by atoms with Gasteiger partial charge in [0.15, 0.2) is 0 Å². The van der Waals surface area contributed by atoms with Gasteiger partial charge in [0, 0.05) is 35.8 Å². The Labute approximate surface area is 134 Å². The lowest BCUT2D eigenvalue weighted by molar-refractivity contribution is 0.0771. The van der Waals surface area contributed by atoms with Gasteiger partial charge in [-0.25, -0.2) is 4.98 Å². The number of hydrogen-bond donors (Lipinski definition) is 0. The molecular formula is C17H17ClN2O2. The summed E-state index contributed by atoms with van der Waals surface area (Å²) in [4.78, 5) is 18.5. The number of halogens is 1. The number of aromatic nitrogens is 1. The zero-order chi connectivity index (χ0) is 15.5. The molecule has 1 aromatic heterocycles. The molecule has 0 radical (unpaired) electrons. The van der Waals surface area contributed by atoms with Crippen LogP contribution in [0.2, 0.25) is 5.02 Å². The number of benzene rings is 1. The predicted octanol–water partition coefficient (Wildman–Crippen LogP) is 3.34. The first kappa shape index (κ1) is 14.9. The van der Waals surface area contributed by atoms with Gasteiger partial charge >= 0.3 is 0 Å². The second-order valence-electron chi connectivity index (χ2n) is 5.46. The standard InChI is InChI=1S/C17H17ClN2O2/c1-12-5-6-16(19-10-12)22-15-7-8-20(11-15)17(21)13-3-2-4-14(18)9-13/h2-6,9-10,15H,7-8,11H2,1H3. The van der Waals surface area contributed by atoms with E-state index >= 15 is 0 Å². The highest BCUT2D eigenvalue weighted by atomic mass is 35.5. The maximum atomic E-state index is 12.4. The Morgan fingerprint density at radius 2 is 2.23 bits per heavy atom. The Hall–Kier alpha value is -2.07. The first-order valence-corrected chi connectivity index (χ1v) is 7.64. The third-order valence-electron chi connectivity index (χ3n) is 3.68. The summed E-state index contributed by atoms with van der Waals surface area (Å²) in [5, 5.41) is 0.571. The van der Waals surface area contributed by atoms with Gasteiger partial charge in [0.1, 0.15) is 6.10 Å².